The third-order valence-electron chi connectivity index (χ3n) is 0.831. The molecule has 0 radical (unpaired) electrons. The predicted molar refractivity (Wildman–Crippen MR) is 46.0 cm³/mol. The van der Waals surface area contributed by atoms with E-state index in [9.17, 15) is 0 Å². The molecule has 2 aromatic rings. The Balaban J connectivity index is 0.000000174. The summed E-state index contributed by atoms with van der Waals surface area (Å²) >= 11 is 0. The molecule has 0 fully saturated rings. The Labute approximate surface area is 75.0 Å². The third-order valence-corrected chi connectivity index (χ3v) is 0.831. The van der Waals surface area contributed by atoms with Crippen molar-refractivity contribution in [1.29, 1.82) is 0 Å². The van der Waals surface area contributed by atoms with Crippen molar-refractivity contribution < 1.29 is 14.3 Å². The van der Waals surface area contributed by atoms with Crippen LogP contribution in [-0.4, -0.2) is 21.5 Å². The van der Waals surface area contributed by atoms with E-state index in [4.69, 9.17) is 9.90 Å². The quantitative estimate of drug-likeness (QED) is 0.603. The number of hydrogen-bond acceptors (Lipinski definition) is 3. The highest BCUT2D eigenvalue weighted by Gasteiger charge is 1.59. The number of hydrogen-bond donors (Lipinski definition) is 2. The molecule has 0 bridgehead atoms. The number of aromatic amines is 1. The molecule has 2 rings (SSSR count). The molecule has 0 aliphatic heterocycles. The Kier molecular flexibility index (Phi) is 8.40. The van der Waals surface area contributed by atoms with Crippen LogP contribution in [0, 0.1) is 0 Å². The zero-order valence-corrected chi connectivity index (χ0v) is 6.83. The average molecular weight is 182 g/mol. The van der Waals surface area contributed by atoms with Crippen LogP contribution in [0.25, 0.3) is 0 Å². The molecule has 0 aliphatic rings. The van der Waals surface area contributed by atoms with Gasteiger partial charge in [0.2, 0.25) is 0 Å². The smallest absolute Gasteiger partial charge is 0.290 e. The van der Waals surface area contributed by atoms with E-state index in [0.717, 1.165) is 0 Å². The van der Waals surface area contributed by atoms with Crippen molar-refractivity contribution in [3.05, 3.63) is 43.4 Å². The minimum absolute atomic E-state index is 0.250. The summed E-state index contributed by atoms with van der Waals surface area (Å²) in [5.41, 5.74) is 0. The van der Waals surface area contributed by atoms with Gasteiger partial charge in [0.1, 0.15) is 0 Å². The molecule has 0 amide bonds. The number of nitrogens with one attached hydrogen (secondary N) is 1. The van der Waals surface area contributed by atoms with Crippen molar-refractivity contribution in [3.63, 3.8) is 0 Å². The summed E-state index contributed by atoms with van der Waals surface area (Å²) in [7, 11) is 0. The molecule has 70 valence electrons. The largest absolute Gasteiger partial charge is 0.483 e. The Bertz CT molecular complexity index is 192. The number of H-pyrrole nitrogens is 1. The van der Waals surface area contributed by atoms with Gasteiger partial charge in [-0.15, -0.1) is 0 Å². The van der Waals surface area contributed by atoms with Gasteiger partial charge in [0.15, 0.2) is 0 Å². The van der Waals surface area contributed by atoms with E-state index < -0.39 is 0 Å². The minimum atomic E-state index is -0.250. The van der Waals surface area contributed by atoms with Crippen molar-refractivity contribution in [2.75, 3.05) is 0 Å². The topological polar surface area (TPSA) is 79.1 Å². The zero-order chi connectivity index (χ0) is 9.78. The molecule has 0 saturated carbocycles. The fourth-order valence-electron chi connectivity index (χ4n) is 0.442. The Morgan fingerprint density at radius 3 is 2.15 bits per heavy atom. The standard InChI is InChI=1S/C4H4O.C3H4N2.CH2O2/c1-2-4-5-3-1;1-2-5-3-4-1;2-1-3/h1-4H;1-3H,(H,4,5);1H,(H,2,3). The summed E-state index contributed by atoms with van der Waals surface area (Å²) in [6, 6.07) is 3.67. The van der Waals surface area contributed by atoms with E-state index in [2.05, 4.69) is 14.4 Å². The lowest BCUT2D eigenvalue weighted by molar-refractivity contribution is -0.122. The highest BCUT2D eigenvalue weighted by Crippen LogP contribution is 1.79. The van der Waals surface area contributed by atoms with Crippen LogP contribution in [-0.2, 0) is 4.79 Å². The second-order valence-corrected chi connectivity index (χ2v) is 1.66. The van der Waals surface area contributed by atoms with Gasteiger partial charge in [-0.2, -0.15) is 0 Å². The molecule has 5 heteroatoms. The number of carboxylic acid groups (broad SMARTS) is 1. The molecule has 0 unspecified atom stereocenters. The van der Waals surface area contributed by atoms with Crippen LogP contribution in [0.15, 0.2) is 47.8 Å². The number of carbonyl (C=O) groups is 1. The van der Waals surface area contributed by atoms with Crippen molar-refractivity contribution in [2.24, 2.45) is 0 Å². The van der Waals surface area contributed by atoms with Crippen LogP contribution in [0.4, 0.5) is 0 Å². The molecule has 0 atom stereocenters. The summed E-state index contributed by atoms with van der Waals surface area (Å²) in [5, 5.41) is 6.89. The number of furan rings is 1. The monoisotopic (exact) mass is 182 g/mol. The first-order valence-corrected chi connectivity index (χ1v) is 3.39. The van der Waals surface area contributed by atoms with Crippen molar-refractivity contribution >= 4 is 6.47 Å². The molecular formula is C8H10N2O3. The molecule has 13 heavy (non-hydrogen) atoms. The Hall–Kier alpha value is -2.04. The fraction of sp³-hybridized carbons (Fsp3) is 0. The first kappa shape index (κ1) is 11.0. The number of rotatable bonds is 0. The first-order valence-electron chi connectivity index (χ1n) is 3.39. The average Bonchev–Trinajstić information content (AvgIpc) is 2.85. The van der Waals surface area contributed by atoms with Crippen molar-refractivity contribution in [2.45, 2.75) is 0 Å². The lowest BCUT2D eigenvalue weighted by Crippen LogP contribution is -1.49. The molecule has 2 N–H and O–H groups in total. The second-order valence-electron chi connectivity index (χ2n) is 1.66. The molecule has 0 aliphatic carbocycles. The van der Waals surface area contributed by atoms with Gasteiger partial charge in [-0.25, -0.2) is 4.98 Å². The van der Waals surface area contributed by atoms with Gasteiger partial charge in [0, 0.05) is 12.4 Å². The van der Waals surface area contributed by atoms with E-state index >= 15 is 0 Å². The van der Waals surface area contributed by atoms with E-state index in [1.807, 2.05) is 12.1 Å². The SMILES string of the molecule is O=CO.c1c[nH]cn1.c1ccoc1. The molecule has 5 nitrogen and oxygen atoms in total. The van der Waals surface area contributed by atoms with Crippen molar-refractivity contribution in [3.8, 4) is 0 Å². The van der Waals surface area contributed by atoms with Crippen LogP contribution in [0.1, 0.15) is 0 Å². The molecule has 2 aromatic heterocycles. The first-order chi connectivity index (χ1) is 6.41. The van der Waals surface area contributed by atoms with Crippen LogP contribution in [0.5, 0.6) is 0 Å². The van der Waals surface area contributed by atoms with Crippen LogP contribution in [0.2, 0.25) is 0 Å². The maximum Gasteiger partial charge on any atom is 0.290 e. The van der Waals surface area contributed by atoms with Crippen LogP contribution < -0.4 is 0 Å². The predicted octanol–water partition coefficient (Wildman–Crippen LogP) is 1.39. The minimum Gasteiger partial charge on any atom is -0.483 e. The maximum atomic E-state index is 8.36. The summed E-state index contributed by atoms with van der Waals surface area (Å²) in [6.07, 6.45) is 8.33. The Morgan fingerprint density at radius 1 is 1.38 bits per heavy atom. The Morgan fingerprint density at radius 2 is 2.00 bits per heavy atom. The zero-order valence-electron chi connectivity index (χ0n) is 6.83. The van der Waals surface area contributed by atoms with Gasteiger partial charge < -0.3 is 14.5 Å². The third kappa shape index (κ3) is 9.96. The van der Waals surface area contributed by atoms with Gasteiger partial charge in [-0.1, -0.05) is 0 Å². The van der Waals surface area contributed by atoms with Gasteiger partial charge in [-0.05, 0) is 12.1 Å². The van der Waals surface area contributed by atoms with Gasteiger partial charge in [0.25, 0.3) is 6.47 Å². The molecular weight excluding hydrogens is 172 g/mol. The summed E-state index contributed by atoms with van der Waals surface area (Å²) in [5.74, 6) is 0. The summed E-state index contributed by atoms with van der Waals surface area (Å²) < 4.78 is 4.58. The van der Waals surface area contributed by atoms with Gasteiger partial charge in [-0.3, -0.25) is 4.79 Å². The van der Waals surface area contributed by atoms with Crippen LogP contribution in [0.3, 0.4) is 0 Å². The lowest BCUT2D eigenvalue weighted by atomic mass is 10.7. The number of aromatic nitrogens is 2. The second kappa shape index (κ2) is 9.96. The molecule has 0 saturated heterocycles. The summed E-state index contributed by atoms with van der Waals surface area (Å²) in [6.45, 7) is -0.250. The van der Waals surface area contributed by atoms with E-state index in [1.165, 1.54) is 0 Å². The normalized spacial score (nSPS) is 7.08. The van der Waals surface area contributed by atoms with Gasteiger partial charge >= 0.3 is 0 Å². The van der Waals surface area contributed by atoms with E-state index in [0.29, 0.717) is 0 Å². The molecule has 0 spiro atoms. The van der Waals surface area contributed by atoms with E-state index in [-0.39, 0.29) is 6.47 Å². The number of imidazole rings is 1. The van der Waals surface area contributed by atoms with Crippen LogP contribution >= 0.6 is 0 Å². The molecule has 2 heterocycles. The highest BCUT2D eigenvalue weighted by molar-refractivity contribution is 5.32. The fourth-order valence-corrected chi connectivity index (χ4v) is 0.442. The van der Waals surface area contributed by atoms with E-state index in [1.54, 1.807) is 31.2 Å². The highest BCUT2D eigenvalue weighted by atomic mass is 16.3. The molecule has 0 aromatic carbocycles. The number of nitrogens with zero attached hydrogens (tertiary/aromatic N) is 1. The maximum absolute atomic E-state index is 8.36. The van der Waals surface area contributed by atoms with Gasteiger partial charge in [0.05, 0.1) is 18.9 Å². The lowest BCUT2D eigenvalue weighted by Gasteiger charge is -1.50. The van der Waals surface area contributed by atoms with Crippen molar-refractivity contribution in [1.82, 2.24) is 9.97 Å². The summed E-state index contributed by atoms with van der Waals surface area (Å²) in [4.78, 5) is 14.8.